The molecule has 1 heterocycles. The van der Waals surface area contributed by atoms with Gasteiger partial charge in [-0.1, -0.05) is 0 Å². The number of halogens is 6. The van der Waals surface area contributed by atoms with Crippen molar-refractivity contribution < 1.29 is 47.5 Å². The number of aromatic nitrogens is 2. The first-order valence-corrected chi connectivity index (χ1v) is 4.16. The third-order valence-electron chi connectivity index (χ3n) is 0.637. The third-order valence-corrected chi connectivity index (χ3v) is 0.637. The first kappa shape index (κ1) is 44.6. The first-order valence-electron chi connectivity index (χ1n) is 2.60. The van der Waals surface area contributed by atoms with E-state index >= 15 is 0 Å². The van der Waals surface area contributed by atoms with Gasteiger partial charge < -0.3 is 19.2 Å². The zero-order chi connectivity index (χ0) is 8.91. The van der Waals surface area contributed by atoms with Gasteiger partial charge in [0.05, 0.1) is 6.33 Å². The fraction of sp³-hybridized carbons (Fsp3) is 0.250. The number of imidazole rings is 1. The summed E-state index contributed by atoms with van der Waals surface area (Å²) in [5.41, 5.74) is 0. The number of hydrogen-bond acceptors (Lipinski definition) is 2. The van der Waals surface area contributed by atoms with Crippen LogP contribution in [0.4, 0.5) is 28.2 Å². The molecule has 13 heteroatoms. The minimum Gasteiger partial charge on any atom is -0.341 e. The van der Waals surface area contributed by atoms with E-state index in [4.69, 9.17) is 19.2 Å². The van der Waals surface area contributed by atoms with Crippen LogP contribution in [0, 0.1) is 0 Å². The molecule has 0 aliphatic rings. The Balaban J connectivity index is -0.0000000176. The van der Waals surface area contributed by atoms with Crippen LogP contribution in [0.3, 0.4) is 0 Å². The molecule has 0 fully saturated rings. The zero-order valence-electron chi connectivity index (χ0n) is 8.27. The summed E-state index contributed by atoms with van der Waals surface area (Å²) in [6.07, 6.45) is 5.39. The Kier molecular flexibility index (Phi) is 53.3. The average molecular weight is 300 g/mol. The van der Waals surface area contributed by atoms with Crippen molar-refractivity contribution in [3.63, 3.8) is 0 Å². The van der Waals surface area contributed by atoms with Crippen molar-refractivity contribution in [1.82, 2.24) is 9.55 Å². The van der Waals surface area contributed by atoms with Gasteiger partial charge >= 0.3 is 7.82 Å². The summed E-state index contributed by atoms with van der Waals surface area (Å²) < 4.78 is 10.8. The fourth-order valence-electron chi connectivity index (χ4n) is 0.326. The quantitative estimate of drug-likeness (QED) is 0.476. The van der Waals surface area contributed by atoms with Crippen LogP contribution in [-0.4, -0.2) is 24.2 Å². The summed E-state index contributed by atoms with van der Waals surface area (Å²) >= 11 is 0. The lowest BCUT2D eigenvalue weighted by molar-refractivity contribution is 0.275. The van der Waals surface area contributed by atoms with Crippen molar-refractivity contribution in [2.24, 2.45) is 7.05 Å². The lowest BCUT2D eigenvalue weighted by Gasteiger charge is -1.82. The molecule has 0 aromatic carbocycles. The molecule has 0 atom stereocenters. The highest BCUT2D eigenvalue weighted by Crippen LogP contribution is 2.25. The maximum absolute atomic E-state index is 8.88. The molecule has 0 spiro atoms. The fourth-order valence-corrected chi connectivity index (χ4v) is 0.326. The maximum atomic E-state index is 8.88. The van der Waals surface area contributed by atoms with Crippen molar-refractivity contribution in [2.45, 2.75) is 0 Å². The van der Waals surface area contributed by atoms with Gasteiger partial charge in [0.25, 0.3) is 0 Å². The number of nitrogens with zero attached hydrogens (tertiary/aromatic N) is 2. The van der Waals surface area contributed by atoms with E-state index in [-0.39, 0.29) is 28.2 Å². The van der Waals surface area contributed by atoms with Crippen molar-refractivity contribution >= 4 is 7.82 Å². The van der Waals surface area contributed by atoms with Crippen LogP contribution >= 0.6 is 7.82 Å². The topological polar surface area (TPSA) is 95.6 Å². The van der Waals surface area contributed by atoms with Gasteiger partial charge in [-0.2, -0.15) is 0 Å². The molecule has 0 aliphatic carbocycles. The molecule has 0 unspecified atom stereocenters. The van der Waals surface area contributed by atoms with E-state index in [1.807, 2.05) is 17.8 Å². The van der Waals surface area contributed by atoms with Crippen molar-refractivity contribution in [2.75, 3.05) is 0 Å². The molecule has 1 aromatic rings. The Morgan fingerprint density at radius 2 is 1.29 bits per heavy atom. The Morgan fingerprint density at radius 1 is 1.00 bits per heavy atom. The second kappa shape index (κ2) is 20.3. The van der Waals surface area contributed by atoms with Crippen LogP contribution in [0.1, 0.15) is 0 Å². The van der Waals surface area contributed by atoms with E-state index < -0.39 is 7.82 Å². The van der Waals surface area contributed by atoms with Gasteiger partial charge in [0, 0.05) is 19.4 Å². The highest BCUT2D eigenvalue weighted by Gasteiger charge is 2.00. The highest BCUT2D eigenvalue weighted by atomic mass is 31.2. The van der Waals surface area contributed by atoms with Gasteiger partial charge in [-0.05, 0) is 0 Å². The lowest BCUT2D eigenvalue weighted by atomic mass is 10.9. The summed E-state index contributed by atoms with van der Waals surface area (Å²) in [5, 5.41) is 0. The SMILES string of the molecule is Cn1ccnc1.F.F.F.F.F.F.O=P(O)(O)O. The molecule has 0 amide bonds. The molecule has 0 aliphatic heterocycles. The Labute approximate surface area is 91.7 Å². The first-order chi connectivity index (χ1) is 4.89. The van der Waals surface area contributed by atoms with Gasteiger partial charge in [-0.25, -0.2) is 9.55 Å². The van der Waals surface area contributed by atoms with Gasteiger partial charge in [0.1, 0.15) is 0 Å². The van der Waals surface area contributed by atoms with E-state index in [0.717, 1.165) is 0 Å². The Bertz CT molecular complexity index is 236. The normalized spacial score (nSPS) is 6.59. The van der Waals surface area contributed by atoms with E-state index in [1.54, 1.807) is 12.5 Å². The zero-order valence-corrected chi connectivity index (χ0v) is 9.17. The van der Waals surface area contributed by atoms with E-state index in [0.29, 0.717) is 0 Å². The molecule has 6 nitrogen and oxygen atoms in total. The number of rotatable bonds is 0. The monoisotopic (exact) mass is 300 g/mol. The molecule has 17 heavy (non-hydrogen) atoms. The number of hydrogen-bond donors (Lipinski definition) is 3. The number of phosphoric acid groups is 1. The van der Waals surface area contributed by atoms with E-state index in [9.17, 15) is 0 Å². The minimum atomic E-state index is -4.64. The smallest absolute Gasteiger partial charge is 0.341 e. The molecule has 0 radical (unpaired) electrons. The summed E-state index contributed by atoms with van der Waals surface area (Å²) in [4.78, 5) is 25.3. The standard InChI is InChI=1S/C4H6N2.6FH.H3O4P/c1-6-3-2-5-4-6;;;;;;;1-5(2,3)4/h2-4H,1H3;6*1H;(H3,1,2,3,4). The van der Waals surface area contributed by atoms with Crippen molar-refractivity contribution in [3.8, 4) is 0 Å². The molecule has 0 bridgehead atoms. The summed E-state index contributed by atoms with van der Waals surface area (Å²) in [5.74, 6) is 0. The van der Waals surface area contributed by atoms with E-state index in [1.165, 1.54) is 0 Å². The van der Waals surface area contributed by atoms with Crippen LogP contribution in [0.15, 0.2) is 18.7 Å². The molecule has 3 N–H and O–H groups in total. The van der Waals surface area contributed by atoms with Crippen LogP contribution in [0.2, 0.25) is 0 Å². The number of aryl methyl sites for hydroxylation is 1. The molecule has 112 valence electrons. The molecule has 0 saturated heterocycles. The average Bonchev–Trinajstić information content (AvgIpc) is 2.12. The van der Waals surface area contributed by atoms with Crippen molar-refractivity contribution in [1.29, 1.82) is 0 Å². The van der Waals surface area contributed by atoms with Gasteiger partial charge in [-0.3, -0.25) is 28.2 Å². The van der Waals surface area contributed by atoms with Crippen LogP contribution in [-0.2, 0) is 11.6 Å². The third kappa shape index (κ3) is 71.2. The minimum absolute atomic E-state index is 0. The van der Waals surface area contributed by atoms with Crippen molar-refractivity contribution in [3.05, 3.63) is 18.7 Å². The van der Waals surface area contributed by atoms with Crippen LogP contribution in [0.5, 0.6) is 0 Å². The summed E-state index contributed by atoms with van der Waals surface area (Å²) in [6, 6.07) is 0. The van der Waals surface area contributed by atoms with Gasteiger partial charge in [-0.15, -0.1) is 0 Å². The molecular weight excluding hydrogens is 285 g/mol. The maximum Gasteiger partial charge on any atom is 0.466 e. The molecule has 1 rings (SSSR count). The van der Waals surface area contributed by atoms with Gasteiger partial charge in [0.2, 0.25) is 0 Å². The molecule has 1 aromatic heterocycles. The predicted molar refractivity (Wildman–Crippen MR) is 52.5 cm³/mol. The van der Waals surface area contributed by atoms with Crippen LogP contribution in [0.25, 0.3) is 0 Å². The lowest BCUT2D eigenvalue weighted by Crippen LogP contribution is -1.76. The molecular formula is C4H15F6N2O4P. The summed E-state index contributed by atoms with van der Waals surface area (Å²) in [7, 11) is -2.70. The second-order valence-electron chi connectivity index (χ2n) is 1.74. The van der Waals surface area contributed by atoms with Gasteiger partial charge in [0.15, 0.2) is 0 Å². The van der Waals surface area contributed by atoms with E-state index in [2.05, 4.69) is 4.98 Å². The summed E-state index contributed by atoms with van der Waals surface area (Å²) in [6.45, 7) is 0. The predicted octanol–water partition coefficient (Wildman–Crippen LogP) is 0.407. The Morgan fingerprint density at radius 3 is 1.35 bits per heavy atom. The Hall–Kier alpha value is -1.10. The molecule has 0 saturated carbocycles. The highest BCUT2D eigenvalue weighted by molar-refractivity contribution is 7.45. The second-order valence-corrected chi connectivity index (χ2v) is 2.77. The van der Waals surface area contributed by atoms with Crippen LogP contribution < -0.4 is 0 Å². The largest absolute Gasteiger partial charge is 0.466 e.